The Morgan fingerprint density at radius 2 is 2.00 bits per heavy atom. The number of hydrogen-bond donors (Lipinski definition) is 1. The van der Waals surface area contributed by atoms with Crippen LogP contribution >= 0.6 is 0 Å². The highest BCUT2D eigenvalue weighted by Gasteiger charge is 2.31. The highest BCUT2D eigenvalue weighted by molar-refractivity contribution is 5.75. The first-order chi connectivity index (χ1) is 13.2. The van der Waals surface area contributed by atoms with Gasteiger partial charge in [0.05, 0.1) is 31.5 Å². The van der Waals surface area contributed by atoms with Crippen molar-refractivity contribution in [3.8, 4) is 0 Å². The number of urea groups is 1. The number of amides is 2. The van der Waals surface area contributed by atoms with Crippen LogP contribution in [0.25, 0.3) is 0 Å². The van der Waals surface area contributed by atoms with E-state index in [9.17, 15) is 9.59 Å². The van der Waals surface area contributed by atoms with Gasteiger partial charge in [0.1, 0.15) is 0 Å². The molecule has 1 unspecified atom stereocenters. The third kappa shape index (κ3) is 4.34. The van der Waals surface area contributed by atoms with Gasteiger partial charge < -0.3 is 15.0 Å². The van der Waals surface area contributed by atoms with E-state index < -0.39 is 0 Å². The molecule has 0 spiro atoms. The zero-order chi connectivity index (χ0) is 18.6. The maximum Gasteiger partial charge on any atom is 0.317 e. The van der Waals surface area contributed by atoms with Crippen molar-refractivity contribution < 1.29 is 9.53 Å². The normalized spacial score (nSPS) is 23.7. The quantitative estimate of drug-likeness (QED) is 0.823. The average molecular weight is 374 g/mol. The Morgan fingerprint density at radius 3 is 2.81 bits per heavy atom. The molecule has 2 aliphatic heterocycles. The van der Waals surface area contributed by atoms with Crippen molar-refractivity contribution in [3.05, 3.63) is 27.7 Å². The molecule has 7 nitrogen and oxygen atoms in total. The van der Waals surface area contributed by atoms with E-state index in [2.05, 4.69) is 10.4 Å². The van der Waals surface area contributed by atoms with E-state index in [0.717, 1.165) is 49.9 Å². The highest BCUT2D eigenvalue weighted by Crippen LogP contribution is 2.21. The second-order valence-corrected chi connectivity index (χ2v) is 8.07. The van der Waals surface area contributed by atoms with Crippen LogP contribution in [-0.2, 0) is 24.3 Å². The van der Waals surface area contributed by atoms with Gasteiger partial charge >= 0.3 is 6.03 Å². The largest absolute Gasteiger partial charge is 0.376 e. The summed E-state index contributed by atoms with van der Waals surface area (Å²) < 4.78 is 6.95. The Kier molecular flexibility index (Phi) is 5.76. The van der Waals surface area contributed by atoms with Crippen molar-refractivity contribution in [1.29, 1.82) is 0 Å². The molecule has 1 saturated heterocycles. The maximum absolute atomic E-state index is 12.8. The van der Waals surface area contributed by atoms with Gasteiger partial charge in [0, 0.05) is 30.6 Å². The lowest BCUT2D eigenvalue weighted by atomic mass is 10.1. The predicted octanol–water partition coefficient (Wildman–Crippen LogP) is 2.21. The Labute approximate surface area is 160 Å². The summed E-state index contributed by atoms with van der Waals surface area (Å²) in [7, 11) is 0. The van der Waals surface area contributed by atoms with Gasteiger partial charge in [-0.25, -0.2) is 9.48 Å². The molecular formula is C20H30N4O3. The summed E-state index contributed by atoms with van der Waals surface area (Å²) >= 11 is 0. The molecular weight excluding hydrogens is 344 g/mol. The number of aromatic nitrogens is 2. The van der Waals surface area contributed by atoms with Gasteiger partial charge in [0.15, 0.2) is 0 Å². The second kappa shape index (κ2) is 8.42. The number of rotatable bonds is 3. The topological polar surface area (TPSA) is 76.5 Å². The van der Waals surface area contributed by atoms with E-state index in [-0.39, 0.29) is 17.6 Å². The molecule has 2 amide bonds. The minimum atomic E-state index is -0.102. The monoisotopic (exact) mass is 374 g/mol. The van der Waals surface area contributed by atoms with Gasteiger partial charge in [0.2, 0.25) is 0 Å². The molecule has 4 rings (SSSR count). The van der Waals surface area contributed by atoms with Crippen molar-refractivity contribution in [1.82, 2.24) is 20.0 Å². The van der Waals surface area contributed by atoms with Crippen molar-refractivity contribution in [3.63, 3.8) is 0 Å². The highest BCUT2D eigenvalue weighted by atomic mass is 16.5. The van der Waals surface area contributed by atoms with E-state index in [0.29, 0.717) is 25.8 Å². The first kappa shape index (κ1) is 18.5. The van der Waals surface area contributed by atoms with Crippen molar-refractivity contribution in [2.45, 2.75) is 83.0 Å². The number of carbonyl (C=O) groups is 1. The van der Waals surface area contributed by atoms with E-state index >= 15 is 0 Å². The van der Waals surface area contributed by atoms with Crippen LogP contribution in [0.2, 0.25) is 0 Å². The number of carbonyl (C=O) groups excluding carboxylic acids is 1. The summed E-state index contributed by atoms with van der Waals surface area (Å²) in [6.07, 6.45) is 9.76. The fourth-order valence-corrected chi connectivity index (χ4v) is 4.56. The molecule has 1 aliphatic carbocycles. The van der Waals surface area contributed by atoms with Crippen LogP contribution in [0.1, 0.15) is 62.6 Å². The fourth-order valence-electron chi connectivity index (χ4n) is 4.56. The molecule has 0 radical (unpaired) electrons. The SMILES string of the molecule is O=C(NC1CCCCCC1)N1CCCC1Cn1nc2c(cc1=O)COCC2. The number of fused-ring (bicyclic) bond motifs is 1. The van der Waals surface area contributed by atoms with Crippen LogP contribution < -0.4 is 10.9 Å². The van der Waals surface area contributed by atoms with E-state index in [1.807, 2.05) is 4.90 Å². The molecule has 1 aromatic heterocycles. The van der Waals surface area contributed by atoms with Crippen LogP contribution in [-0.4, -0.2) is 45.9 Å². The standard InChI is InChI=1S/C20H30N4O3/c25-19-12-15-14-27-11-9-18(15)22-24(19)13-17-8-5-10-23(17)20(26)21-16-6-3-1-2-4-7-16/h12,16-17H,1-11,13-14H2,(H,21,26). The summed E-state index contributed by atoms with van der Waals surface area (Å²) in [5.41, 5.74) is 1.75. The number of ether oxygens (including phenoxy) is 1. The minimum absolute atomic E-state index is 0.0313. The van der Waals surface area contributed by atoms with Gasteiger partial charge in [-0.15, -0.1) is 0 Å². The van der Waals surface area contributed by atoms with Gasteiger partial charge in [0.25, 0.3) is 5.56 Å². The molecule has 3 aliphatic rings. The molecule has 148 valence electrons. The first-order valence-corrected chi connectivity index (χ1v) is 10.5. The Balaban J connectivity index is 1.42. The predicted molar refractivity (Wildman–Crippen MR) is 102 cm³/mol. The molecule has 2 fully saturated rings. The second-order valence-electron chi connectivity index (χ2n) is 8.07. The van der Waals surface area contributed by atoms with Crippen molar-refractivity contribution in [2.75, 3.05) is 13.2 Å². The van der Waals surface area contributed by atoms with Crippen molar-refractivity contribution >= 4 is 6.03 Å². The van der Waals surface area contributed by atoms with Crippen LogP contribution in [0.4, 0.5) is 4.79 Å². The third-order valence-electron chi connectivity index (χ3n) is 6.11. The maximum atomic E-state index is 12.8. The number of nitrogens with zero attached hydrogens (tertiary/aromatic N) is 3. The van der Waals surface area contributed by atoms with E-state index in [1.54, 1.807) is 10.7 Å². The Morgan fingerprint density at radius 1 is 1.19 bits per heavy atom. The molecule has 1 atom stereocenters. The van der Waals surface area contributed by atoms with E-state index in [4.69, 9.17) is 4.74 Å². The molecule has 27 heavy (non-hydrogen) atoms. The van der Waals surface area contributed by atoms with Gasteiger partial charge in [-0.3, -0.25) is 4.79 Å². The zero-order valence-corrected chi connectivity index (χ0v) is 16.0. The molecule has 7 heteroatoms. The fraction of sp³-hybridized carbons (Fsp3) is 0.750. The van der Waals surface area contributed by atoms with Crippen LogP contribution in [0, 0.1) is 0 Å². The lowest BCUT2D eigenvalue weighted by Crippen LogP contribution is -2.48. The summed E-state index contributed by atoms with van der Waals surface area (Å²) in [6.45, 7) is 2.36. The minimum Gasteiger partial charge on any atom is -0.376 e. The summed E-state index contributed by atoms with van der Waals surface area (Å²) in [6, 6.07) is 2.01. The number of hydrogen-bond acceptors (Lipinski definition) is 4. The molecule has 3 heterocycles. The van der Waals surface area contributed by atoms with Gasteiger partial charge in [-0.05, 0) is 25.7 Å². The van der Waals surface area contributed by atoms with Gasteiger partial charge in [-0.2, -0.15) is 5.10 Å². The van der Waals surface area contributed by atoms with Gasteiger partial charge in [-0.1, -0.05) is 25.7 Å². The smallest absolute Gasteiger partial charge is 0.317 e. The third-order valence-corrected chi connectivity index (χ3v) is 6.11. The average Bonchev–Trinajstić information content (AvgIpc) is 2.98. The molecule has 1 saturated carbocycles. The summed E-state index contributed by atoms with van der Waals surface area (Å²) in [5, 5.41) is 7.81. The summed E-state index contributed by atoms with van der Waals surface area (Å²) in [5.74, 6) is 0. The van der Waals surface area contributed by atoms with E-state index in [1.165, 1.54) is 25.7 Å². The van der Waals surface area contributed by atoms with Crippen LogP contribution in [0.3, 0.4) is 0 Å². The lowest BCUT2D eigenvalue weighted by Gasteiger charge is -2.28. The number of likely N-dealkylation sites (tertiary alicyclic amines) is 1. The Hall–Kier alpha value is -1.89. The summed E-state index contributed by atoms with van der Waals surface area (Å²) in [4.78, 5) is 27.2. The molecule has 0 bridgehead atoms. The van der Waals surface area contributed by atoms with Crippen LogP contribution in [0.15, 0.2) is 10.9 Å². The van der Waals surface area contributed by atoms with Crippen LogP contribution in [0.5, 0.6) is 0 Å². The lowest BCUT2D eigenvalue weighted by molar-refractivity contribution is 0.107. The molecule has 0 aromatic carbocycles. The molecule has 1 N–H and O–H groups in total. The first-order valence-electron chi connectivity index (χ1n) is 10.5. The zero-order valence-electron chi connectivity index (χ0n) is 16.0. The van der Waals surface area contributed by atoms with Crippen molar-refractivity contribution in [2.24, 2.45) is 0 Å². The Bertz CT molecular complexity index is 724. The number of nitrogens with one attached hydrogen (secondary N) is 1. The molecule has 1 aromatic rings.